The molecule has 0 aliphatic heterocycles. The van der Waals surface area contributed by atoms with Crippen LogP contribution in [0.3, 0.4) is 0 Å². The van der Waals surface area contributed by atoms with Crippen LogP contribution in [-0.2, 0) is 17.1 Å². The number of aromatic nitrogens is 2. The third kappa shape index (κ3) is 4.59. The van der Waals surface area contributed by atoms with Crippen molar-refractivity contribution in [3.8, 4) is 0 Å². The summed E-state index contributed by atoms with van der Waals surface area (Å²) in [5.41, 5.74) is 5.33. The molecule has 5 nitrogen and oxygen atoms in total. The lowest BCUT2D eigenvalue weighted by atomic mass is 10.0. The summed E-state index contributed by atoms with van der Waals surface area (Å²) in [6, 6.07) is 0. The first-order valence-corrected chi connectivity index (χ1v) is 7.64. The van der Waals surface area contributed by atoms with Gasteiger partial charge in [-0.2, -0.15) is 16.7 Å². The molecule has 0 aromatic carbocycles. The van der Waals surface area contributed by atoms with Crippen molar-refractivity contribution in [1.29, 1.82) is 0 Å². The molecule has 0 atom stereocenters. The Morgan fingerprint density at radius 1 is 1.33 bits per heavy atom. The number of nitrogens with two attached hydrogens (primary N) is 1. The van der Waals surface area contributed by atoms with Crippen molar-refractivity contribution in [3.05, 3.63) is 11.7 Å². The van der Waals surface area contributed by atoms with Crippen LogP contribution in [0.1, 0.15) is 43.8 Å². The van der Waals surface area contributed by atoms with Gasteiger partial charge >= 0.3 is 0 Å². The summed E-state index contributed by atoms with van der Waals surface area (Å²) < 4.78 is 10.4. The highest BCUT2D eigenvalue weighted by molar-refractivity contribution is 7.99. The van der Waals surface area contributed by atoms with Crippen molar-refractivity contribution in [2.75, 3.05) is 13.2 Å². The zero-order valence-electron chi connectivity index (χ0n) is 10.6. The fourth-order valence-electron chi connectivity index (χ4n) is 2.07. The summed E-state index contributed by atoms with van der Waals surface area (Å²) in [5, 5.41) is 4.73. The van der Waals surface area contributed by atoms with Crippen LogP contribution < -0.4 is 5.73 Å². The van der Waals surface area contributed by atoms with Gasteiger partial charge in [-0.1, -0.05) is 24.4 Å². The molecule has 6 heteroatoms. The quantitative estimate of drug-likeness (QED) is 0.766. The molecular weight excluding hydrogens is 250 g/mol. The molecule has 0 radical (unpaired) electrons. The topological polar surface area (TPSA) is 74.2 Å². The SMILES string of the molecule is NCCOCc1nc(CSC2CCCCC2)no1. The van der Waals surface area contributed by atoms with Gasteiger partial charge in [-0.3, -0.25) is 0 Å². The molecule has 2 rings (SSSR count). The van der Waals surface area contributed by atoms with E-state index < -0.39 is 0 Å². The van der Waals surface area contributed by atoms with E-state index in [1.807, 2.05) is 11.8 Å². The highest BCUT2D eigenvalue weighted by Gasteiger charge is 2.15. The standard InChI is InChI=1S/C12H21N3O2S/c13-6-7-16-8-12-14-11(15-17-12)9-18-10-4-2-1-3-5-10/h10H,1-9,13H2. The van der Waals surface area contributed by atoms with Crippen LogP contribution in [-0.4, -0.2) is 28.5 Å². The summed E-state index contributed by atoms with van der Waals surface area (Å²) >= 11 is 1.95. The first-order chi connectivity index (χ1) is 8.88. The number of hydrogen-bond donors (Lipinski definition) is 1. The Kier molecular flexibility index (Phi) is 5.96. The second-order valence-corrected chi connectivity index (χ2v) is 5.81. The average Bonchev–Trinajstić information content (AvgIpc) is 2.86. The minimum atomic E-state index is 0.359. The van der Waals surface area contributed by atoms with E-state index in [-0.39, 0.29) is 0 Å². The molecule has 0 unspecified atom stereocenters. The fraction of sp³-hybridized carbons (Fsp3) is 0.833. The molecule has 0 saturated heterocycles. The number of ether oxygens (including phenoxy) is 1. The largest absolute Gasteiger partial charge is 0.370 e. The van der Waals surface area contributed by atoms with E-state index in [1.165, 1.54) is 32.1 Å². The first kappa shape index (κ1) is 13.8. The number of rotatable bonds is 7. The molecule has 0 bridgehead atoms. The van der Waals surface area contributed by atoms with Crippen molar-refractivity contribution < 1.29 is 9.26 Å². The van der Waals surface area contributed by atoms with Gasteiger partial charge in [0.25, 0.3) is 5.89 Å². The molecule has 1 heterocycles. The van der Waals surface area contributed by atoms with E-state index in [0.29, 0.717) is 25.6 Å². The van der Waals surface area contributed by atoms with E-state index in [9.17, 15) is 0 Å². The first-order valence-electron chi connectivity index (χ1n) is 6.59. The predicted octanol–water partition coefficient (Wildman–Crippen LogP) is 2.11. The number of hydrogen-bond acceptors (Lipinski definition) is 6. The number of thioether (sulfide) groups is 1. The van der Waals surface area contributed by atoms with Crippen LogP contribution in [0, 0.1) is 0 Å². The lowest BCUT2D eigenvalue weighted by Gasteiger charge is -2.19. The molecule has 18 heavy (non-hydrogen) atoms. The molecule has 1 aromatic heterocycles. The summed E-state index contributed by atoms with van der Waals surface area (Å²) in [6.07, 6.45) is 6.77. The normalized spacial score (nSPS) is 17.2. The van der Waals surface area contributed by atoms with E-state index in [0.717, 1.165) is 16.8 Å². The lowest BCUT2D eigenvalue weighted by molar-refractivity contribution is 0.104. The van der Waals surface area contributed by atoms with Crippen LogP contribution in [0.5, 0.6) is 0 Å². The highest BCUT2D eigenvalue weighted by Crippen LogP contribution is 2.29. The summed E-state index contributed by atoms with van der Waals surface area (Å²) in [6.45, 7) is 1.39. The Bertz CT molecular complexity index is 340. The molecule has 1 aliphatic rings. The monoisotopic (exact) mass is 271 g/mol. The second kappa shape index (κ2) is 7.76. The van der Waals surface area contributed by atoms with E-state index in [1.54, 1.807) is 0 Å². The van der Waals surface area contributed by atoms with Gasteiger partial charge in [-0.05, 0) is 12.8 Å². The molecule has 1 aliphatic carbocycles. The minimum Gasteiger partial charge on any atom is -0.370 e. The van der Waals surface area contributed by atoms with E-state index in [2.05, 4.69) is 10.1 Å². The molecular formula is C12H21N3O2S. The van der Waals surface area contributed by atoms with Crippen molar-refractivity contribution in [2.24, 2.45) is 5.73 Å². The smallest absolute Gasteiger partial charge is 0.252 e. The highest BCUT2D eigenvalue weighted by atomic mass is 32.2. The van der Waals surface area contributed by atoms with Crippen LogP contribution >= 0.6 is 11.8 Å². The van der Waals surface area contributed by atoms with Gasteiger partial charge in [0.1, 0.15) is 6.61 Å². The van der Waals surface area contributed by atoms with Crippen LogP contribution in [0.4, 0.5) is 0 Å². The van der Waals surface area contributed by atoms with Gasteiger partial charge in [0.15, 0.2) is 5.82 Å². The molecule has 1 saturated carbocycles. The Labute approximate surface area is 112 Å². The molecule has 1 fully saturated rings. The summed E-state index contributed by atoms with van der Waals surface area (Å²) in [7, 11) is 0. The van der Waals surface area contributed by atoms with Gasteiger partial charge < -0.3 is 15.0 Å². The minimum absolute atomic E-state index is 0.359. The predicted molar refractivity (Wildman–Crippen MR) is 71.2 cm³/mol. The van der Waals surface area contributed by atoms with Gasteiger partial charge in [0.05, 0.1) is 12.4 Å². The Balaban J connectivity index is 1.69. The second-order valence-electron chi connectivity index (χ2n) is 4.52. The zero-order valence-corrected chi connectivity index (χ0v) is 11.5. The fourth-order valence-corrected chi connectivity index (χ4v) is 3.24. The third-order valence-electron chi connectivity index (χ3n) is 3.00. The van der Waals surface area contributed by atoms with Crippen LogP contribution in [0.15, 0.2) is 4.52 Å². The van der Waals surface area contributed by atoms with Crippen molar-refractivity contribution in [1.82, 2.24) is 10.1 Å². The van der Waals surface area contributed by atoms with E-state index in [4.69, 9.17) is 15.0 Å². The van der Waals surface area contributed by atoms with Crippen molar-refractivity contribution >= 4 is 11.8 Å². The Hall–Kier alpha value is -0.590. The van der Waals surface area contributed by atoms with Gasteiger partial charge in [0.2, 0.25) is 0 Å². The molecule has 0 amide bonds. The maximum atomic E-state index is 5.33. The Morgan fingerprint density at radius 3 is 2.94 bits per heavy atom. The third-order valence-corrected chi connectivity index (χ3v) is 4.37. The van der Waals surface area contributed by atoms with Crippen molar-refractivity contribution in [3.63, 3.8) is 0 Å². The van der Waals surface area contributed by atoms with Crippen LogP contribution in [0.2, 0.25) is 0 Å². The average molecular weight is 271 g/mol. The van der Waals surface area contributed by atoms with Gasteiger partial charge in [0, 0.05) is 11.8 Å². The van der Waals surface area contributed by atoms with Crippen LogP contribution in [0.25, 0.3) is 0 Å². The Morgan fingerprint density at radius 2 is 2.17 bits per heavy atom. The van der Waals surface area contributed by atoms with Crippen molar-refractivity contribution in [2.45, 2.75) is 49.7 Å². The molecule has 0 spiro atoms. The summed E-state index contributed by atoms with van der Waals surface area (Å²) in [4.78, 5) is 4.30. The molecule has 2 N–H and O–H groups in total. The zero-order chi connectivity index (χ0) is 12.6. The van der Waals surface area contributed by atoms with Gasteiger partial charge in [-0.25, -0.2) is 0 Å². The number of nitrogens with zero attached hydrogens (tertiary/aromatic N) is 2. The van der Waals surface area contributed by atoms with E-state index >= 15 is 0 Å². The molecule has 102 valence electrons. The lowest BCUT2D eigenvalue weighted by Crippen LogP contribution is -2.08. The maximum Gasteiger partial charge on any atom is 0.252 e. The molecule has 1 aromatic rings. The maximum absolute atomic E-state index is 5.33. The summed E-state index contributed by atoms with van der Waals surface area (Å²) in [5.74, 6) is 2.16. The van der Waals surface area contributed by atoms with Gasteiger partial charge in [-0.15, -0.1) is 0 Å².